The second kappa shape index (κ2) is 6.92. The Morgan fingerprint density at radius 1 is 1.11 bits per heavy atom. The highest BCUT2D eigenvalue weighted by atomic mass is 16.5. The van der Waals surface area contributed by atoms with E-state index >= 15 is 0 Å². The van der Waals surface area contributed by atoms with E-state index in [0.717, 1.165) is 41.0 Å². The van der Waals surface area contributed by atoms with E-state index in [1.165, 1.54) is 0 Å². The van der Waals surface area contributed by atoms with Gasteiger partial charge in [-0.15, -0.1) is 0 Å². The maximum atomic E-state index is 12.7. The number of rotatable bonds is 4. The molecular weight excluding hydrogens is 354 g/mol. The van der Waals surface area contributed by atoms with E-state index in [9.17, 15) is 4.79 Å². The summed E-state index contributed by atoms with van der Waals surface area (Å²) in [6.07, 6.45) is 2.23. The van der Waals surface area contributed by atoms with Gasteiger partial charge < -0.3 is 10.1 Å². The van der Waals surface area contributed by atoms with Crippen LogP contribution in [0.4, 0.5) is 5.95 Å². The maximum absolute atomic E-state index is 12.7. The minimum atomic E-state index is -0.339. The Labute approximate surface area is 162 Å². The third-order valence-corrected chi connectivity index (χ3v) is 5.15. The molecule has 1 N–H and O–H groups in total. The van der Waals surface area contributed by atoms with E-state index in [4.69, 9.17) is 4.74 Å². The number of fused-ring (bicyclic) bond motifs is 1. The number of ketones is 1. The Bertz CT molecular complexity index is 1060. The zero-order chi connectivity index (χ0) is 18.9. The second-order valence-corrected chi connectivity index (χ2v) is 6.99. The third-order valence-electron chi connectivity index (χ3n) is 5.15. The molecule has 7 nitrogen and oxygen atoms in total. The lowest BCUT2D eigenvalue weighted by atomic mass is 9.85. The van der Waals surface area contributed by atoms with Gasteiger partial charge in [-0.3, -0.25) is 4.79 Å². The summed E-state index contributed by atoms with van der Waals surface area (Å²) in [5.74, 6) is 1.46. The van der Waals surface area contributed by atoms with Crippen molar-refractivity contribution < 1.29 is 9.53 Å². The Morgan fingerprint density at radius 3 is 2.89 bits per heavy atom. The highest BCUT2D eigenvalue weighted by Gasteiger charge is 2.36. The molecule has 1 aliphatic heterocycles. The van der Waals surface area contributed by atoms with Crippen LogP contribution >= 0.6 is 0 Å². The number of nitrogens with one attached hydrogen (secondary N) is 1. The number of benzene rings is 2. The molecule has 0 spiro atoms. The molecule has 28 heavy (non-hydrogen) atoms. The lowest BCUT2D eigenvalue weighted by molar-refractivity contribution is -0.116. The van der Waals surface area contributed by atoms with Crippen molar-refractivity contribution in [2.75, 3.05) is 5.32 Å². The maximum Gasteiger partial charge on any atom is 0.248 e. The average molecular weight is 373 g/mol. The Hall–Kier alpha value is -3.48. The van der Waals surface area contributed by atoms with Gasteiger partial charge in [0.05, 0.1) is 0 Å². The molecule has 3 aromatic rings. The number of hydrogen-bond donors (Lipinski definition) is 1. The summed E-state index contributed by atoms with van der Waals surface area (Å²) in [7, 11) is 0. The van der Waals surface area contributed by atoms with Gasteiger partial charge in [0.2, 0.25) is 5.95 Å². The minimum absolute atomic E-state index is 0.149. The van der Waals surface area contributed by atoms with Gasteiger partial charge in [-0.05, 0) is 46.5 Å². The number of aromatic nitrogens is 4. The van der Waals surface area contributed by atoms with Gasteiger partial charge in [0.1, 0.15) is 18.4 Å². The molecule has 0 amide bonds. The van der Waals surface area contributed by atoms with Crippen LogP contribution in [0.15, 0.2) is 65.9 Å². The van der Waals surface area contributed by atoms with Gasteiger partial charge in [-0.1, -0.05) is 47.6 Å². The molecule has 1 unspecified atom stereocenters. The largest absolute Gasteiger partial charge is 0.489 e. The monoisotopic (exact) mass is 373 g/mol. The van der Waals surface area contributed by atoms with Gasteiger partial charge in [-0.2, -0.15) is 4.68 Å². The molecule has 1 aliphatic carbocycles. The first-order chi connectivity index (χ1) is 13.8. The van der Waals surface area contributed by atoms with Crippen LogP contribution in [0.1, 0.15) is 36.4 Å². The van der Waals surface area contributed by atoms with Crippen molar-refractivity contribution >= 4 is 11.7 Å². The van der Waals surface area contributed by atoms with Crippen molar-refractivity contribution in [1.82, 2.24) is 20.2 Å². The molecule has 2 aliphatic rings. The highest BCUT2D eigenvalue weighted by molar-refractivity contribution is 5.99. The lowest BCUT2D eigenvalue weighted by Gasteiger charge is -2.31. The number of anilines is 1. The number of carbonyl (C=O) groups excluding carboxylic acids is 1. The van der Waals surface area contributed by atoms with Gasteiger partial charge in [0.25, 0.3) is 0 Å². The van der Waals surface area contributed by atoms with Crippen LogP contribution in [-0.4, -0.2) is 26.0 Å². The number of nitrogens with zero attached hydrogens (tertiary/aromatic N) is 4. The van der Waals surface area contributed by atoms with Crippen LogP contribution in [0, 0.1) is 0 Å². The standard InChI is InChI=1S/C21H19N5O2/c27-18-11-5-10-17-19(18)20(26-21(22-17)23-24-25-26)15-8-4-9-16(12-15)28-13-14-6-2-1-3-7-14/h1-4,6-9,12,20H,5,10-11,13H2,(H,22,23,25). The summed E-state index contributed by atoms with van der Waals surface area (Å²) in [5, 5.41) is 15.2. The van der Waals surface area contributed by atoms with Crippen LogP contribution < -0.4 is 10.1 Å². The zero-order valence-electron chi connectivity index (χ0n) is 15.2. The van der Waals surface area contributed by atoms with E-state index in [1.807, 2.05) is 54.6 Å². The average Bonchev–Trinajstić information content (AvgIpc) is 3.20. The molecular formula is C21H19N5O2. The number of tetrazole rings is 1. The number of ether oxygens (including phenoxy) is 1. The zero-order valence-corrected chi connectivity index (χ0v) is 15.2. The van der Waals surface area contributed by atoms with Gasteiger partial charge in [-0.25, -0.2) is 0 Å². The van der Waals surface area contributed by atoms with Crippen LogP contribution in [0.3, 0.4) is 0 Å². The second-order valence-electron chi connectivity index (χ2n) is 6.99. The molecule has 2 aromatic carbocycles. The van der Waals surface area contributed by atoms with Crippen LogP contribution in [-0.2, 0) is 11.4 Å². The number of Topliss-reactive ketones (excluding diaryl/α,β-unsaturated/α-hetero) is 1. The SMILES string of the molecule is O=C1CCCC2=C1C(c1cccc(OCc3ccccc3)c1)n1nnnc1N2. The van der Waals surface area contributed by atoms with Crippen molar-refractivity contribution in [1.29, 1.82) is 0 Å². The molecule has 0 saturated carbocycles. The fourth-order valence-corrected chi connectivity index (χ4v) is 3.84. The summed E-state index contributed by atoms with van der Waals surface area (Å²) in [6, 6.07) is 17.5. The predicted octanol–water partition coefficient (Wildman–Crippen LogP) is 3.27. The fraction of sp³-hybridized carbons (Fsp3) is 0.238. The fourth-order valence-electron chi connectivity index (χ4n) is 3.84. The van der Waals surface area contributed by atoms with Gasteiger partial charge >= 0.3 is 0 Å². The van der Waals surface area contributed by atoms with Crippen molar-refractivity contribution in [3.63, 3.8) is 0 Å². The highest BCUT2D eigenvalue weighted by Crippen LogP contribution is 2.39. The van der Waals surface area contributed by atoms with Crippen molar-refractivity contribution in [2.45, 2.75) is 31.9 Å². The Morgan fingerprint density at radius 2 is 2.00 bits per heavy atom. The molecule has 1 atom stereocenters. The van der Waals surface area contributed by atoms with Crippen molar-refractivity contribution in [3.05, 3.63) is 77.0 Å². The summed E-state index contributed by atoms with van der Waals surface area (Å²) < 4.78 is 7.66. The first-order valence-corrected chi connectivity index (χ1v) is 9.37. The van der Waals surface area contributed by atoms with Gasteiger partial charge in [0, 0.05) is 17.7 Å². The Balaban J connectivity index is 1.49. The van der Waals surface area contributed by atoms with Crippen LogP contribution in [0.2, 0.25) is 0 Å². The molecule has 2 heterocycles. The topological polar surface area (TPSA) is 81.9 Å². The lowest BCUT2D eigenvalue weighted by Crippen LogP contribution is -2.31. The van der Waals surface area contributed by atoms with E-state index < -0.39 is 0 Å². The molecule has 0 radical (unpaired) electrons. The molecule has 0 bridgehead atoms. The molecule has 0 saturated heterocycles. The van der Waals surface area contributed by atoms with E-state index in [2.05, 4.69) is 20.8 Å². The molecule has 7 heteroatoms. The quantitative estimate of drug-likeness (QED) is 0.756. The van der Waals surface area contributed by atoms with Gasteiger partial charge in [0.15, 0.2) is 5.78 Å². The summed E-state index contributed by atoms with van der Waals surface area (Å²) >= 11 is 0. The summed E-state index contributed by atoms with van der Waals surface area (Å²) in [4.78, 5) is 12.7. The summed E-state index contributed by atoms with van der Waals surface area (Å²) in [5.41, 5.74) is 3.72. The normalized spacial score (nSPS) is 18.3. The van der Waals surface area contributed by atoms with E-state index in [-0.39, 0.29) is 11.8 Å². The predicted molar refractivity (Wildman–Crippen MR) is 103 cm³/mol. The van der Waals surface area contributed by atoms with Crippen LogP contribution in [0.5, 0.6) is 5.75 Å². The van der Waals surface area contributed by atoms with Crippen LogP contribution in [0.25, 0.3) is 0 Å². The smallest absolute Gasteiger partial charge is 0.248 e. The van der Waals surface area contributed by atoms with Crippen molar-refractivity contribution in [2.24, 2.45) is 0 Å². The minimum Gasteiger partial charge on any atom is -0.489 e. The number of carbonyl (C=O) groups is 1. The van der Waals surface area contributed by atoms with E-state index in [0.29, 0.717) is 19.0 Å². The molecule has 140 valence electrons. The first-order valence-electron chi connectivity index (χ1n) is 9.37. The number of allylic oxidation sites excluding steroid dienone is 2. The first kappa shape index (κ1) is 16.7. The number of hydrogen-bond acceptors (Lipinski definition) is 6. The van der Waals surface area contributed by atoms with E-state index in [1.54, 1.807) is 4.68 Å². The molecule has 0 fully saturated rings. The van der Waals surface area contributed by atoms with Crippen molar-refractivity contribution in [3.8, 4) is 5.75 Å². The third kappa shape index (κ3) is 2.94. The Kier molecular flexibility index (Phi) is 4.12. The summed E-state index contributed by atoms with van der Waals surface area (Å²) in [6.45, 7) is 0.486. The molecule has 1 aromatic heterocycles. The molecule has 5 rings (SSSR count).